The van der Waals surface area contributed by atoms with Gasteiger partial charge in [-0.25, -0.2) is 19.7 Å². The fraction of sp³-hybridized carbons (Fsp3) is 0.259. The van der Waals surface area contributed by atoms with E-state index in [1.165, 1.54) is 17.8 Å². The summed E-state index contributed by atoms with van der Waals surface area (Å²) in [6.07, 6.45) is 0.774. The molecule has 11 nitrogen and oxygen atoms in total. The van der Waals surface area contributed by atoms with Crippen molar-refractivity contribution < 1.29 is 24.5 Å². The third-order valence-corrected chi connectivity index (χ3v) is 7.33. The summed E-state index contributed by atoms with van der Waals surface area (Å²) in [6.45, 7) is 2.07. The molecule has 0 aliphatic heterocycles. The Balaban J connectivity index is 1.59. The van der Waals surface area contributed by atoms with Gasteiger partial charge < -0.3 is 35.7 Å². The highest BCUT2D eigenvalue weighted by Gasteiger charge is 2.18. The minimum atomic E-state index is -1.08. The third-order valence-electron chi connectivity index (χ3n) is 5.66. The Morgan fingerprint density at radius 3 is 2.68 bits per heavy atom. The van der Waals surface area contributed by atoms with Crippen LogP contribution in [-0.2, 0) is 6.54 Å². The molecule has 14 heteroatoms. The van der Waals surface area contributed by atoms with Crippen LogP contribution >= 0.6 is 35.0 Å². The van der Waals surface area contributed by atoms with Gasteiger partial charge in [0.1, 0.15) is 11.5 Å². The van der Waals surface area contributed by atoms with Gasteiger partial charge in [-0.2, -0.15) is 11.8 Å². The molecule has 0 fully saturated rings. The number of nitrogens with zero attached hydrogens (tertiary/aromatic N) is 3. The van der Waals surface area contributed by atoms with Gasteiger partial charge in [-0.05, 0) is 37.3 Å². The third kappa shape index (κ3) is 8.24. The SMILES string of the molecule is Cc1nc(NCCSCC(O)CO)c(NCc2ncc(-c3cc(Cl)ccc3Cl)o2)c(Nc2ccccc2C(=O)O)n1. The molecule has 0 radical (unpaired) electrons. The zero-order valence-electron chi connectivity index (χ0n) is 21.9. The first-order valence-corrected chi connectivity index (χ1v) is 14.4. The van der Waals surface area contributed by atoms with Crippen LogP contribution < -0.4 is 16.0 Å². The first-order chi connectivity index (χ1) is 19.7. The summed E-state index contributed by atoms with van der Waals surface area (Å²) in [4.78, 5) is 25.2. The van der Waals surface area contributed by atoms with Crippen LogP contribution in [0.5, 0.6) is 0 Å². The number of benzene rings is 2. The number of oxazole rings is 1. The van der Waals surface area contributed by atoms with E-state index in [4.69, 9.17) is 32.7 Å². The van der Waals surface area contributed by atoms with Crippen molar-refractivity contribution in [3.8, 4) is 11.3 Å². The Kier molecular flexibility index (Phi) is 10.7. The number of hydrogen-bond acceptors (Lipinski definition) is 11. The van der Waals surface area contributed by atoms with E-state index in [-0.39, 0.29) is 18.7 Å². The Morgan fingerprint density at radius 2 is 1.90 bits per heavy atom. The van der Waals surface area contributed by atoms with Gasteiger partial charge in [0, 0.05) is 28.6 Å². The fourth-order valence-corrected chi connectivity index (χ4v) is 4.92. The number of halogens is 2. The normalized spacial score (nSPS) is 11.7. The number of aliphatic hydroxyl groups excluding tert-OH is 2. The second kappa shape index (κ2) is 14.4. The van der Waals surface area contributed by atoms with E-state index in [9.17, 15) is 15.0 Å². The van der Waals surface area contributed by atoms with E-state index in [0.29, 0.717) is 74.1 Å². The standard InChI is InChI=1S/C27H28Cl2N6O5S/c1-15-33-25(30-8-9-41-14-17(37)13-36)24(26(34-15)35-21-5-3-2-4-18(21)27(38)39)32-12-23-31-11-22(40-23)19-10-16(28)6-7-20(19)29/h2-7,10-11,17,32,36-37H,8-9,12-14H2,1H3,(H,38,39)(H2,30,33,34,35). The molecule has 216 valence electrons. The minimum absolute atomic E-state index is 0.0822. The molecule has 1 atom stereocenters. The molecule has 0 bridgehead atoms. The smallest absolute Gasteiger partial charge is 0.337 e. The van der Waals surface area contributed by atoms with E-state index in [0.717, 1.165) is 0 Å². The van der Waals surface area contributed by atoms with Crippen molar-refractivity contribution in [1.29, 1.82) is 0 Å². The number of aromatic nitrogens is 3. The molecule has 0 saturated heterocycles. The highest BCUT2D eigenvalue weighted by Crippen LogP contribution is 2.33. The number of nitrogens with one attached hydrogen (secondary N) is 3. The lowest BCUT2D eigenvalue weighted by Gasteiger charge is -2.18. The molecule has 2 aromatic carbocycles. The van der Waals surface area contributed by atoms with Gasteiger partial charge in [-0.1, -0.05) is 35.3 Å². The lowest BCUT2D eigenvalue weighted by molar-refractivity contribution is 0.0698. The van der Waals surface area contributed by atoms with Crippen molar-refractivity contribution in [2.45, 2.75) is 19.6 Å². The number of rotatable bonds is 14. The number of hydrogen-bond donors (Lipinski definition) is 6. The number of thioether (sulfide) groups is 1. The van der Waals surface area contributed by atoms with Crippen molar-refractivity contribution in [2.24, 2.45) is 0 Å². The molecule has 2 aromatic heterocycles. The van der Waals surface area contributed by atoms with Crippen LogP contribution in [0.4, 0.5) is 23.0 Å². The number of carboxylic acids is 1. The largest absolute Gasteiger partial charge is 0.478 e. The van der Waals surface area contributed by atoms with Crippen molar-refractivity contribution in [3.05, 3.63) is 76.0 Å². The van der Waals surface area contributed by atoms with Crippen molar-refractivity contribution in [2.75, 3.05) is 40.6 Å². The van der Waals surface area contributed by atoms with Gasteiger partial charge in [0.25, 0.3) is 0 Å². The maximum absolute atomic E-state index is 11.8. The van der Waals surface area contributed by atoms with Crippen molar-refractivity contribution in [1.82, 2.24) is 15.0 Å². The van der Waals surface area contributed by atoms with Crippen LogP contribution in [0.3, 0.4) is 0 Å². The number of aryl methyl sites for hydroxylation is 1. The molecule has 1 unspecified atom stereocenters. The molecule has 4 rings (SSSR count). The Bertz CT molecular complexity index is 1510. The van der Waals surface area contributed by atoms with E-state index in [1.54, 1.807) is 49.5 Å². The van der Waals surface area contributed by atoms with Crippen LogP contribution in [0.25, 0.3) is 11.3 Å². The van der Waals surface area contributed by atoms with Gasteiger partial charge in [-0.15, -0.1) is 0 Å². The van der Waals surface area contributed by atoms with Crippen LogP contribution in [0.15, 0.2) is 53.1 Å². The zero-order chi connectivity index (χ0) is 29.4. The Morgan fingerprint density at radius 1 is 1.12 bits per heavy atom. The molecule has 0 spiro atoms. The van der Waals surface area contributed by atoms with E-state index in [2.05, 4.69) is 30.9 Å². The van der Waals surface area contributed by atoms with Gasteiger partial charge in [0.15, 0.2) is 17.4 Å². The highest BCUT2D eigenvalue weighted by molar-refractivity contribution is 7.99. The van der Waals surface area contributed by atoms with E-state index < -0.39 is 12.1 Å². The topological polar surface area (TPSA) is 166 Å². The van der Waals surface area contributed by atoms with Gasteiger partial charge in [0.05, 0.1) is 41.7 Å². The Labute approximate surface area is 250 Å². The summed E-state index contributed by atoms with van der Waals surface area (Å²) in [7, 11) is 0. The van der Waals surface area contributed by atoms with Crippen LogP contribution in [0, 0.1) is 6.92 Å². The number of aromatic carboxylic acids is 1. The molecule has 41 heavy (non-hydrogen) atoms. The first-order valence-electron chi connectivity index (χ1n) is 12.5. The van der Waals surface area contributed by atoms with Crippen LogP contribution in [0.2, 0.25) is 10.0 Å². The van der Waals surface area contributed by atoms with E-state index in [1.807, 2.05) is 0 Å². The lowest BCUT2D eigenvalue weighted by Crippen LogP contribution is -2.17. The highest BCUT2D eigenvalue weighted by atomic mass is 35.5. The molecular formula is C27H28Cl2N6O5S. The lowest BCUT2D eigenvalue weighted by atomic mass is 10.2. The summed E-state index contributed by atoms with van der Waals surface area (Å²) < 4.78 is 5.92. The van der Waals surface area contributed by atoms with E-state index >= 15 is 0 Å². The maximum atomic E-state index is 11.8. The predicted octanol–water partition coefficient (Wildman–Crippen LogP) is 5.30. The number of para-hydroxylation sites is 1. The van der Waals surface area contributed by atoms with Gasteiger partial charge >= 0.3 is 5.97 Å². The zero-order valence-corrected chi connectivity index (χ0v) is 24.2. The van der Waals surface area contributed by atoms with Gasteiger partial charge in [-0.3, -0.25) is 0 Å². The first kappa shape index (κ1) is 30.4. The predicted molar refractivity (Wildman–Crippen MR) is 162 cm³/mol. The summed E-state index contributed by atoms with van der Waals surface area (Å²) >= 11 is 13.9. The van der Waals surface area contributed by atoms with Crippen LogP contribution in [-0.4, -0.2) is 67.0 Å². The monoisotopic (exact) mass is 618 g/mol. The number of carbonyl (C=O) groups is 1. The van der Waals surface area contributed by atoms with Crippen LogP contribution in [0.1, 0.15) is 22.1 Å². The summed E-state index contributed by atoms with van der Waals surface area (Å²) in [5.41, 5.74) is 1.51. The number of anilines is 4. The summed E-state index contributed by atoms with van der Waals surface area (Å²) in [6, 6.07) is 11.6. The number of aliphatic hydroxyl groups is 2. The average Bonchev–Trinajstić information content (AvgIpc) is 3.42. The number of carboxylic acid groups (broad SMARTS) is 1. The molecule has 2 heterocycles. The fourth-order valence-electron chi connectivity index (χ4n) is 3.75. The average molecular weight is 620 g/mol. The molecule has 0 amide bonds. The van der Waals surface area contributed by atoms with Crippen molar-refractivity contribution in [3.63, 3.8) is 0 Å². The maximum Gasteiger partial charge on any atom is 0.337 e. The second-order valence-electron chi connectivity index (χ2n) is 8.75. The minimum Gasteiger partial charge on any atom is -0.478 e. The second-order valence-corrected chi connectivity index (χ2v) is 10.7. The molecule has 4 aromatic rings. The molecule has 0 aliphatic rings. The molecule has 6 N–H and O–H groups in total. The molecule has 0 aliphatic carbocycles. The van der Waals surface area contributed by atoms with Crippen molar-refractivity contribution >= 4 is 63.9 Å². The quantitative estimate of drug-likeness (QED) is 0.101. The molecular weight excluding hydrogens is 591 g/mol. The Hall–Kier alpha value is -3.55. The van der Waals surface area contributed by atoms with Gasteiger partial charge in [0.2, 0.25) is 5.89 Å². The summed E-state index contributed by atoms with van der Waals surface area (Å²) in [5, 5.41) is 38.9. The molecule has 0 saturated carbocycles. The summed E-state index contributed by atoms with van der Waals surface area (Å²) in [5.74, 6) is 2.02.